The Morgan fingerprint density at radius 1 is 1.10 bits per heavy atom. The fourth-order valence-electron chi connectivity index (χ4n) is 4.04. The van der Waals surface area contributed by atoms with Crippen molar-refractivity contribution in [3.8, 4) is 0 Å². The van der Waals surface area contributed by atoms with E-state index < -0.39 is 20.6 Å². The highest BCUT2D eigenvalue weighted by Crippen LogP contribution is 2.61. The summed E-state index contributed by atoms with van der Waals surface area (Å²) in [6.07, 6.45) is 4.63. The van der Waals surface area contributed by atoms with Crippen LogP contribution < -0.4 is 0 Å². The number of benzene rings is 1. The molecule has 2 fully saturated rings. The third kappa shape index (κ3) is 2.01. The summed E-state index contributed by atoms with van der Waals surface area (Å²) in [5.41, 5.74) is 0.912. The topological polar surface area (TPSA) is 71.4 Å². The summed E-state index contributed by atoms with van der Waals surface area (Å²) in [6.45, 7) is 1.88. The second-order valence-corrected chi connectivity index (χ2v) is 8.94. The lowest BCUT2D eigenvalue weighted by molar-refractivity contribution is -0.147. The number of sulfone groups is 1. The van der Waals surface area contributed by atoms with Crippen molar-refractivity contribution in [1.29, 1.82) is 0 Å². The Kier molecular flexibility index (Phi) is 3.17. The van der Waals surface area contributed by atoms with Gasteiger partial charge in [-0.15, -0.1) is 0 Å². The number of carboxylic acid groups (broad SMARTS) is 1. The molecule has 0 bridgehead atoms. The average molecular weight is 308 g/mol. The Bertz CT molecular complexity index is 659. The lowest BCUT2D eigenvalue weighted by Gasteiger charge is -2.51. The average Bonchev–Trinajstić information content (AvgIpc) is 2.85. The Morgan fingerprint density at radius 2 is 1.62 bits per heavy atom. The number of hydrogen-bond donors (Lipinski definition) is 1. The van der Waals surface area contributed by atoms with Gasteiger partial charge in [-0.3, -0.25) is 4.79 Å². The zero-order chi connectivity index (χ0) is 15.3. The summed E-state index contributed by atoms with van der Waals surface area (Å²) in [5.74, 6) is -1.19. The van der Waals surface area contributed by atoms with Gasteiger partial charge in [0.2, 0.25) is 0 Å². The maximum atomic E-state index is 12.8. The molecule has 0 atom stereocenters. The van der Waals surface area contributed by atoms with E-state index in [1.165, 1.54) is 12.1 Å². The SMILES string of the molecule is Cc1ccc(S(=O)(=O)C2(C(=O)O)CC3(CCCC3)C2)cc1. The van der Waals surface area contributed by atoms with Crippen molar-refractivity contribution in [1.82, 2.24) is 0 Å². The minimum Gasteiger partial charge on any atom is -0.480 e. The Hall–Kier alpha value is -1.36. The molecule has 0 radical (unpaired) electrons. The van der Waals surface area contributed by atoms with Gasteiger partial charge in [0.25, 0.3) is 0 Å². The summed E-state index contributed by atoms with van der Waals surface area (Å²) in [5, 5.41) is 9.60. The fraction of sp³-hybridized carbons (Fsp3) is 0.562. The lowest BCUT2D eigenvalue weighted by Crippen LogP contribution is -2.60. The second kappa shape index (κ2) is 4.57. The first kappa shape index (κ1) is 14.6. The number of carboxylic acids is 1. The predicted molar refractivity (Wildman–Crippen MR) is 78.9 cm³/mol. The van der Waals surface area contributed by atoms with E-state index in [0.717, 1.165) is 31.2 Å². The van der Waals surface area contributed by atoms with E-state index in [2.05, 4.69) is 0 Å². The highest BCUT2D eigenvalue weighted by atomic mass is 32.2. The van der Waals surface area contributed by atoms with Crippen molar-refractivity contribution in [2.45, 2.75) is 55.1 Å². The van der Waals surface area contributed by atoms with Crippen LogP contribution in [0.2, 0.25) is 0 Å². The van der Waals surface area contributed by atoms with Gasteiger partial charge < -0.3 is 5.11 Å². The Balaban J connectivity index is 1.99. The maximum absolute atomic E-state index is 12.8. The normalized spacial score (nSPS) is 22.9. The van der Waals surface area contributed by atoms with Crippen molar-refractivity contribution in [2.75, 3.05) is 0 Å². The second-order valence-electron chi connectivity index (χ2n) is 6.68. The zero-order valence-electron chi connectivity index (χ0n) is 12.1. The predicted octanol–water partition coefficient (Wildman–Crippen LogP) is 2.95. The molecule has 2 aliphatic carbocycles. The van der Waals surface area contributed by atoms with Gasteiger partial charge in [-0.2, -0.15) is 0 Å². The summed E-state index contributed by atoms with van der Waals surface area (Å²) in [4.78, 5) is 11.9. The van der Waals surface area contributed by atoms with Crippen molar-refractivity contribution < 1.29 is 18.3 Å². The smallest absolute Gasteiger partial charge is 0.325 e. The minimum atomic E-state index is -3.84. The fourth-order valence-corrected chi connectivity index (χ4v) is 6.21. The van der Waals surface area contributed by atoms with E-state index >= 15 is 0 Å². The van der Waals surface area contributed by atoms with Crippen LogP contribution in [0.3, 0.4) is 0 Å². The molecule has 0 amide bonds. The number of aliphatic carboxylic acids is 1. The standard InChI is InChI=1S/C16H20O4S/c1-12-4-6-13(7-5-12)21(19,20)16(14(17)18)10-15(11-16)8-2-3-9-15/h4-7H,2-3,8-11H2,1H3,(H,17,18). The van der Waals surface area contributed by atoms with Gasteiger partial charge in [0.05, 0.1) is 4.90 Å². The number of carbonyl (C=O) groups is 1. The summed E-state index contributed by atoms with van der Waals surface area (Å²) in [7, 11) is -3.84. The maximum Gasteiger partial charge on any atom is 0.325 e. The Labute approximate surface area is 125 Å². The van der Waals surface area contributed by atoms with Crippen LogP contribution in [0.4, 0.5) is 0 Å². The van der Waals surface area contributed by atoms with Crippen molar-refractivity contribution >= 4 is 15.8 Å². The zero-order valence-corrected chi connectivity index (χ0v) is 12.9. The molecule has 3 rings (SSSR count). The van der Waals surface area contributed by atoms with E-state index in [9.17, 15) is 18.3 Å². The summed E-state index contributed by atoms with van der Waals surface area (Å²) < 4.78 is 24.1. The number of hydrogen-bond acceptors (Lipinski definition) is 3. The van der Waals surface area contributed by atoms with Crippen LogP contribution >= 0.6 is 0 Å². The lowest BCUT2D eigenvalue weighted by atomic mass is 9.60. The first-order valence-electron chi connectivity index (χ1n) is 7.36. The van der Waals surface area contributed by atoms with Crippen LogP contribution in [0.1, 0.15) is 44.1 Å². The summed E-state index contributed by atoms with van der Waals surface area (Å²) >= 11 is 0. The molecule has 5 heteroatoms. The van der Waals surface area contributed by atoms with Crippen LogP contribution in [-0.4, -0.2) is 24.2 Å². The van der Waals surface area contributed by atoms with Gasteiger partial charge in [-0.1, -0.05) is 30.5 Å². The Morgan fingerprint density at radius 3 is 2.10 bits per heavy atom. The molecule has 1 aromatic carbocycles. The molecule has 1 spiro atoms. The monoisotopic (exact) mass is 308 g/mol. The highest BCUT2D eigenvalue weighted by molar-refractivity contribution is 7.93. The van der Waals surface area contributed by atoms with Crippen LogP contribution in [-0.2, 0) is 14.6 Å². The van der Waals surface area contributed by atoms with E-state index in [0.29, 0.717) is 0 Å². The molecule has 114 valence electrons. The first-order valence-corrected chi connectivity index (χ1v) is 8.85. The summed E-state index contributed by atoms with van der Waals surface area (Å²) in [6, 6.07) is 6.48. The molecule has 0 saturated heterocycles. The molecule has 1 N–H and O–H groups in total. The molecule has 0 aliphatic heterocycles. The van der Waals surface area contributed by atoms with Crippen LogP contribution in [0.5, 0.6) is 0 Å². The minimum absolute atomic E-state index is 0.0455. The third-order valence-corrected chi connectivity index (χ3v) is 7.61. The van der Waals surface area contributed by atoms with Gasteiger partial charge in [0.1, 0.15) is 0 Å². The molecule has 0 heterocycles. The van der Waals surface area contributed by atoms with Crippen LogP contribution in [0.25, 0.3) is 0 Å². The first-order chi connectivity index (χ1) is 9.81. The van der Waals surface area contributed by atoms with Crippen LogP contribution in [0, 0.1) is 12.3 Å². The van der Waals surface area contributed by atoms with Crippen LogP contribution in [0.15, 0.2) is 29.2 Å². The van der Waals surface area contributed by atoms with Gasteiger partial charge in [0, 0.05) is 0 Å². The number of aryl methyl sites for hydroxylation is 1. The molecule has 2 saturated carbocycles. The molecular formula is C16H20O4S. The molecule has 1 aromatic rings. The molecule has 4 nitrogen and oxygen atoms in total. The van der Waals surface area contributed by atoms with E-state index in [1.807, 2.05) is 6.92 Å². The molecule has 2 aliphatic rings. The van der Waals surface area contributed by atoms with Crippen molar-refractivity contribution in [3.05, 3.63) is 29.8 Å². The largest absolute Gasteiger partial charge is 0.480 e. The third-order valence-electron chi connectivity index (χ3n) is 5.22. The van der Waals surface area contributed by atoms with E-state index in [-0.39, 0.29) is 23.2 Å². The van der Waals surface area contributed by atoms with E-state index in [1.54, 1.807) is 12.1 Å². The van der Waals surface area contributed by atoms with Gasteiger partial charge >= 0.3 is 5.97 Å². The van der Waals surface area contributed by atoms with Crippen molar-refractivity contribution in [2.24, 2.45) is 5.41 Å². The molecule has 0 aromatic heterocycles. The van der Waals surface area contributed by atoms with Gasteiger partial charge in [-0.05, 0) is 50.2 Å². The molecular weight excluding hydrogens is 288 g/mol. The number of rotatable bonds is 3. The molecule has 0 unspecified atom stereocenters. The quantitative estimate of drug-likeness (QED) is 0.932. The van der Waals surface area contributed by atoms with Crippen molar-refractivity contribution in [3.63, 3.8) is 0 Å². The van der Waals surface area contributed by atoms with Gasteiger partial charge in [0.15, 0.2) is 14.6 Å². The highest BCUT2D eigenvalue weighted by Gasteiger charge is 2.66. The van der Waals surface area contributed by atoms with E-state index in [4.69, 9.17) is 0 Å². The molecule has 21 heavy (non-hydrogen) atoms. The van der Waals surface area contributed by atoms with Gasteiger partial charge in [-0.25, -0.2) is 8.42 Å².